The maximum Gasteiger partial charge on any atom is 0.242 e. The Labute approximate surface area is 201 Å². The molecule has 1 heterocycles. The molecule has 0 saturated carbocycles. The Balaban J connectivity index is 1.78. The van der Waals surface area contributed by atoms with Crippen molar-refractivity contribution >= 4 is 74.9 Å². The number of amidine groups is 1. The number of carbonyl (C=O) groups excluding carboxylic acids is 2. The fraction of sp³-hybridized carbons (Fsp3) is 0.250. The standard InChI is InChI=1S/C20H16Cl3F2N3O3S/c1-31-5-4-28-19(30)17(32-20(28)27-15-3-2-10(24)6-14(15)25)9-18(29)26-16-8-12(22)11(21)7-13(16)23/h2-3,6-8,17H,4-5,9H2,1H3,(H,26,29)/t17-/m0/s1. The van der Waals surface area contributed by atoms with Crippen LogP contribution in [-0.4, -0.2) is 47.4 Å². The lowest BCUT2D eigenvalue weighted by Crippen LogP contribution is -2.35. The molecule has 1 aliphatic heterocycles. The summed E-state index contributed by atoms with van der Waals surface area (Å²) in [4.78, 5) is 30.9. The number of anilines is 1. The molecule has 3 rings (SSSR count). The van der Waals surface area contributed by atoms with E-state index in [1.54, 1.807) is 0 Å². The molecule has 6 nitrogen and oxygen atoms in total. The Bertz CT molecular complexity index is 1090. The van der Waals surface area contributed by atoms with Gasteiger partial charge in [-0.25, -0.2) is 13.8 Å². The first-order valence-electron chi connectivity index (χ1n) is 9.14. The van der Waals surface area contributed by atoms with Crippen LogP contribution in [0.25, 0.3) is 0 Å². The number of hydrogen-bond donors (Lipinski definition) is 1. The largest absolute Gasteiger partial charge is 0.383 e. The normalized spacial score (nSPS) is 17.3. The van der Waals surface area contributed by atoms with Gasteiger partial charge in [0.15, 0.2) is 11.0 Å². The Morgan fingerprint density at radius 3 is 2.59 bits per heavy atom. The van der Waals surface area contributed by atoms with Crippen molar-refractivity contribution in [2.75, 3.05) is 25.6 Å². The van der Waals surface area contributed by atoms with Crippen molar-refractivity contribution in [3.8, 4) is 0 Å². The summed E-state index contributed by atoms with van der Waals surface area (Å²) in [7, 11) is 1.47. The van der Waals surface area contributed by atoms with Crippen molar-refractivity contribution in [1.29, 1.82) is 0 Å². The molecule has 1 aliphatic rings. The van der Waals surface area contributed by atoms with Crippen molar-refractivity contribution in [2.45, 2.75) is 11.7 Å². The van der Waals surface area contributed by atoms with Crippen LogP contribution in [0.4, 0.5) is 20.2 Å². The molecule has 0 radical (unpaired) electrons. The van der Waals surface area contributed by atoms with Crippen LogP contribution >= 0.6 is 46.6 Å². The maximum absolute atomic E-state index is 14.0. The molecule has 1 fully saturated rings. The van der Waals surface area contributed by atoms with Crippen LogP contribution in [0.15, 0.2) is 35.3 Å². The summed E-state index contributed by atoms with van der Waals surface area (Å²) in [6.07, 6.45) is -0.200. The van der Waals surface area contributed by atoms with Gasteiger partial charge in [-0.1, -0.05) is 46.6 Å². The lowest BCUT2D eigenvalue weighted by Gasteiger charge is -2.16. The minimum absolute atomic E-state index is 0.128. The Hall–Kier alpha value is -1.91. The van der Waals surface area contributed by atoms with Gasteiger partial charge in [-0.2, -0.15) is 0 Å². The lowest BCUT2D eigenvalue weighted by atomic mass is 10.2. The van der Waals surface area contributed by atoms with E-state index in [-0.39, 0.29) is 57.1 Å². The third-order valence-electron chi connectivity index (χ3n) is 4.32. The fourth-order valence-electron chi connectivity index (χ4n) is 2.78. The molecule has 12 heteroatoms. The third-order valence-corrected chi connectivity index (χ3v) is 6.53. The highest BCUT2D eigenvalue weighted by Crippen LogP contribution is 2.34. The number of ether oxygens (including phenoxy) is 1. The van der Waals surface area contributed by atoms with Crippen LogP contribution in [0.2, 0.25) is 15.1 Å². The van der Waals surface area contributed by atoms with E-state index in [4.69, 9.17) is 39.5 Å². The first-order valence-corrected chi connectivity index (χ1v) is 11.2. The number of rotatable bonds is 7. The summed E-state index contributed by atoms with van der Waals surface area (Å²) in [5.74, 6) is -2.48. The molecule has 2 aromatic rings. The van der Waals surface area contributed by atoms with Gasteiger partial charge < -0.3 is 10.1 Å². The topological polar surface area (TPSA) is 71.0 Å². The van der Waals surface area contributed by atoms with Crippen LogP contribution in [0.5, 0.6) is 0 Å². The first-order chi connectivity index (χ1) is 15.2. The molecule has 0 spiro atoms. The SMILES string of the molecule is COCCN1C(=O)[C@H](CC(=O)Nc2cc(Cl)c(Cl)cc2Cl)SC1=Nc1ccc(F)cc1F. The molecule has 0 aliphatic carbocycles. The van der Waals surface area contributed by atoms with Crippen LogP contribution < -0.4 is 5.32 Å². The zero-order valence-corrected chi connectivity index (χ0v) is 19.6. The molecule has 0 unspecified atom stereocenters. The number of halogens is 5. The van der Waals surface area contributed by atoms with Gasteiger partial charge in [-0.05, 0) is 24.3 Å². The van der Waals surface area contributed by atoms with E-state index < -0.39 is 22.8 Å². The number of hydrogen-bond acceptors (Lipinski definition) is 5. The minimum Gasteiger partial charge on any atom is -0.383 e. The average molecular weight is 523 g/mol. The molecule has 0 bridgehead atoms. The number of carbonyl (C=O) groups is 2. The highest BCUT2D eigenvalue weighted by molar-refractivity contribution is 8.15. The van der Waals surface area contributed by atoms with Crippen LogP contribution in [0.3, 0.4) is 0 Å². The van der Waals surface area contributed by atoms with Crippen LogP contribution in [-0.2, 0) is 14.3 Å². The summed E-state index contributed by atoms with van der Waals surface area (Å²) in [5, 5.41) is 2.60. The van der Waals surface area contributed by atoms with Gasteiger partial charge in [-0.3, -0.25) is 14.5 Å². The van der Waals surface area contributed by atoms with Crippen molar-refractivity contribution in [2.24, 2.45) is 4.99 Å². The maximum atomic E-state index is 14.0. The minimum atomic E-state index is -0.868. The third kappa shape index (κ3) is 5.90. The van der Waals surface area contributed by atoms with Gasteiger partial charge >= 0.3 is 0 Å². The Morgan fingerprint density at radius 2 is 1.91 bits per heavy atom. The molecule has 1 saturated heterocycles. The summed E-state index contributed by atoms with van der Waals surface area (Å²) in [6, 6.07) is 5.74. The van der Waals surface area contributed by atoms with Crippen molar-refractivity contribution in [1.82, 2.24) is 4.90 Å². The zero-order valence-electron chi connectivity index (χ0n) is 16.5. The number of benzene rings is 2. The molecule has 170 valence electrons. The summed E-state index contributed by atoms with van der Waals surface area (Å²) < 4.78 is 32.2. The highest BCUT2D eigenvalue weighted by atomic mass is 35.5. The molecule has 1 N–H and O–H groups in total. The van der Waals surface area contributed by atoms with Crippen molar-refractivity contribution < 1.29 is 23.1 Å². The number of nitrogens with zero attached hydrogens (tertiary/aromatic N) is 2. The average Bonchev–Trinajstić information content (AvgIpc) is 3.00. The molecule has 1 atom stereocenters. The van der Waals surface area contributed by atoms with Crippen molar-refractivity contribution in [3.05, 3.63) is 57.0 Å². The molecule has 2 aromatic carbocycles. The quantitative estimate of drug-likeness (QED) is 0.485. The summed E-state index contributed by atoms with van der Waals surface area (Å²) in [5.41, 5.74) is 0.122. The predicted molar refractivity (Wildman–Crippen MR) is 123 cm³/mol. The van der Waals surface area contributed by atoms with Gasteiger partial charge in [0, 0.05) is 19.6 Å². The lowest BCUT2D eigenvalue weighted by molar-refractivity contribution is -0.128. The zero-order chi connectivity index (χ0) is 23.4. The van der Waals surface area contributed by atoms with E-state index in [9.17, 15) is 18.4 Å². The van der Waals surface area contributed by atoms with E-state index in [0.29, 0.717) is 6.07 Å². The Kier molecular flexibility index (Phi) is 8.35. The second-order valence-corrected chi connectivity index (χ2v) is 8.97. The molecular weight excluding hydrogens is 507 g/mol. The van der Waals surface area contributed by atoms with Gasteiger partial charge in [-0.15, -0.1) is 0 Å². The van der Waals surface area contributed by atoms with E-state index in [1.165, 1.54) is 30.2 Å². The number of aliphatic imine (C=N–C) groups is 1. The Morgan fingerprint density at radius 1 is 1.19 bits per heavy atom. The van der Waals surface area contributed by atoms with Gasteiger partial charge in [0.2, 0.25) is 11.8 Å². The summed E-state index contributed by atoms with van der Waals surface area (Å²) in [6.45, 7) is 0.357. The smallest absolute Gasteiger partial charge is 0.242 e. The van der Waals surface area contributed by atoms with E-state index >= 15 is 0 Å². The van der Waals surface area contributed by atoms with E-state index in [2.05, 4.69) is 10.3 Å². The number of nitrogens with one attached hydrogen (secondary N) is 1. The van der Waals surface area contributed by atoms with E-state index in [1.807, 2.05) is 0 Å². The van der Waals surface area contributed by atoms with Crippen LogP contribution in [0, 0.1) is 11.6 Å². The van der Waals surface area contributed by atoms with Crippen molar-refractivity contribution in [3.63, 3.8) is 0 Å². The number of thioether (sulfide) groups is 1. The number of methoxy groups -OCH3 is 1. The summed E-state index contributed by atoms with van der Waals surface area (Å²) >= 11 is 18.9. The van der Waals surface area contributed by atoms with E-state index in [0.717, 1.165) is 17.8 Å². The molecule has 0 aromatic heterocycles. The van der Waals surface area contributed by atoms with Gasteiger partial charge in [0.05, 0.1) is 33.9 Å². The fourth-order valence-corrected chi connectivity index (χ4v) is 4.55. The monoisotopic (exact) mass is 521 g/mol. The second-order valence-electron chi connectivity index (χ2n) is 6.58. The second kappa shape index (κ2) is 10.8. The van der Waals surface area contributed by atoms with Gasteiger partial charge in [0.1, 0.15) is 16.8 Å². The first kappa shape index (κ1) is 24.7. The molecule has 32 heavy (non-hydrogen) atoms. The predicted octanol–water partition coefficient (Wildman–Crippen LogP) is 5.53. The van der Waals surface area contributed by atoms with Gasteiger partial charge in [0.25, 0.3) is 0 Å². The highest BCUT2D eigenvalue weighted by Gasteiger charge is 2.39. The number of amides is 2. The molecular formula is C20H16Cl3F2N3O3S. The van der Waals surface area contributed by atoms with Crippen LogP contribution in [0.1, 0.15) is 6.42 Å². The molecule has 2 amide bonds.